The molecule has 1 aromatic rings. The van der Waals surface area contributed by atoms with E-state index in [9.17, 15) is 22.8 Å². The van der Waals surface area contributed by atoms with Crippen molar-refractivity contribution in [2.24, 2.45) is 0 Å². The molecule has 0 bridgehead atoms. The van der Waals surface area contributed by atoms with Crippen molar-refractivity contribution in [2.75, 3.05) is 28.3 Å². The molecule has 0 saturated heterocycles. The molecule has 0 radical (unpaired) electrons. The van der Waals surface area contributed by atoms with E-state index < -0.39 is 23.9 Å². The molecule has 6 nitrogen and oxygen atoms in total. The van der Waals surface area contributed by atoms with Crippen LogP contribution in [0.25, 0.3) is 0 Å². The first-order valence-electron chi connectivity index (χ1n) is 7.16. The summed E-state index contributed by atoms with van der Waals surface area (Å²) in [5.74, 6) is -2.11. The standard InChI is InChI=1S/C16H17F3N2O4/c1-21(2)7-10-13(20-15(23)16(17,18)19)8-5-11(24-3)12(25-4)6-9(8)14(10)22/h5-7,13H,1-4H3,(H,20,23)/b10-7-. The van der Waals surface area contributed by atoms with Gasteiger partial charge in [-0.1, -0.05) is 0 Å². The Bertz CT molecular complexity index is 742. The van der Waals surface area contributed by atoms with Crippen molar-refractivity contribution in [1.29, 1.82) is 0 Å². The van der Waals surface area contributed by atoms with Crippen LogP contribution in [0.5, 0.6) is 11.5 Å². The molecule has 136 valence electrons. The maximum atomic E-state index is 12.7. The van der Waals surface area contributed by atoms with E-state index in [1.165, 1.54) is 37.5 Å². The Labute approximate surface area is 142 Å². The van der Waals surface area contributed by atoms with Gasteiger partial charge in [0, 0.05) is 31.4 Å². The summed E-state index contributed by atoms with van der Waals surface area (Å²) >= 11 is 0. The van der Waals surface area contributed by atoms with Crippen molar-refractivity contribution >= 4 is 11.7 Å². The maximum Gasteiger partial charge on any atom is 0.471 e. The van der Waals surface area contributed by atoms with Gasteiger partial charge in [0.05, 0.1) is 20.3 Å². The number of carbonyl (C=O) groups excluding carboxylic acids is 2. The van der Waals surface area contributed by atoms with Gasteiger partial charge in [0.1, 0.15) is 0 Å². The highest BCUT2D eigenvalue weighted by atomic mass is 19.4. The number of ketones is 1. The third-order valence-electron chi connectivity index (χ3n) is 3.61. The zero-order valence-electron chi connectivity index (χ0n) is 14.0. The van der Waals surface area contributed by atoms with Crippen LogP contribution in [0.3, 0.4) is 0 Å². The quantitative estimate of drug-likeness (QED) is 0.835. The Morgan fingerprint density at radius 3 is 2.24 bits per heavy atom. The molecule has 25 heavy (non-hydrogen) atoms. The van der Waals surface area contributed by atoms with E-state index >= 15 is 0 Å². The predicted molar refractivity (Wildman–Crippen MR) is 82.6 cm³/mol. The molecule has 0 saturated carbocycles. The Kier molecular flexibility index (Phi) is 4.96. The number of hydrogen-bond acceptors (Lipinski definition) is 5. The number of nitrogens with one attached hydrogen (secondary N) is 1. The molecule has 9 heteroatoms. The summed E-state index contributed by atoms with van der Waals surface area (Å²) in [6.07, 6.45) is -3.69. The number of Topliss-reactive ketones (excluding diaryl/α,β-unsaturated/α-hetero) is 1. The minimum absolute atomic E-state index is 0.0212. The van der Waals surface area contributed by atoms with Gasteiger partial charge in [0.25, 0.3) is 0 Å². The molecular weight excluding hydrogens is 341 g/mol. The van der Waals surface area contributed by atoms with Gasteiger partial charge in [-0.3, -0.25) is 9.59 Å². The van der Waals surface area contributed by atoms with Gasteiger partial charge >= 0.3 is 12.1 Å². The minimum Gasteiger partial charge on any atom is -0.493 e. The first-order valence-corrected chi connectivity index (χ1v) is 7.16. The number of nitrogens with zero attached hydrogens (tertiary/aromatic N) is 1. The normalized spacial score (nSPS) is 18.1. The molecule has 1 atom stereocenters. The average molecular weight is 358 g/mol. The second-order valence-corrected chi connectivity index (χ2v) is 5.58. The molecule has 0 spiro atoms. The smallest absolute Gasteiger partial charge is 0.471 e. The largest absolute Gasteiger partial charge is 0.493 e. The van der Waals surface area contributed by atoms with Crippen molar-refractivity contribution in [1.82, 2.24) is 10.2 Å². The van der Waals surface area contributed by atoms with E-state index in [4.69, 9.17) is 9.47 Å². The Balaban J connectivity index is 2.59. The van der Waals surface area contributed by atoms with Crippen LogP contribution in [-0.2, 0) is 4.79 Å². The third kappa shape index (κ3) is 3.54. The highest BCUT2D eigenvalue weighted by Gasteiger charge is 2.44. The van der Waals surface area contributed by atoms with Gasteiger partial charge in [0.2, 0.25) is 0 Å². The lowest BCUT2D eigenvalue weighted by atomic mass is 10.1. The van der Waals surface area contributed by atoms with Gasteiger partial charge in [0.15, 0.2) is 17.3 Å². The number of rotatable bonds is 4. The number of benzene rings is 1. The van der Waals surface area contributed by atoms with Crippen LogP contribution in [0.2, 0.25) is 0 Å². The summed E-state index contributed by atoms with van der Waals surface area (Å²) in [5, 5.41) is 1.87. The minimum atomic E-state index is -5.06. The number of alkyl halides is 3. The molecule has 2 rings (SSSR count). The zero-order valence-corrected chi connectivity index (χ0v) is 14.0. The summed E-state index contributed by atoms with van der Waals surface area (Å²) in [6.45, 7) is 0. The van der Waals surface area contributed by atoms with Crippen molar-refractivity contribution in [2.45, 2.75) is 12.2 Å². The second-order valence-electron chi connectivity index (χ2n) is 5.58. The fourth-order valence-corrected chi connectivity index (χ4v) is 2.56. The lowest BCUT2D eigenvalue weighted by Gasteiger charge is -2.18. The van der Waals surface area contributed by atoms with E-state index in [0.717, 1.165) is 0 Å². The molecule has 0 aromatic heterocycles. The van der Waals surface area contributed by atoms with E-state index in [-0.39, 0.29) is 28.2 Å². The molecule has 1 aliphatic carbocycles. The van der Waals surface area contributed by atoms with Crippen LogP contribution in [0.15, 0.2) is 23.9 Å². The number of ether oxygens (including phenoxy) is 2. The van der Waals surface area contributed by atoms with E-state index in [2.05, 4.69) is 0 Å². The van der Waals surface area contributed by atoms with Crippen molar-refractivity contribution in [3.05, 3.63) is 35.0 Å². The molecule has 1 N–H and O–H groups in total. The SMILES string of the molecule is COc1cc2c(cc1OC)C(NC(=O)C(F)(F)F)/C(=C/N(C)C)C2=O. The Morgan fingerprint density at radius 2 is 1.76 bits per heavy atom. The summed E-state index contributed by atoms with van der Waals surface area (Å²) < 4.78 is 48.2. The van der Waals surface area contributed by atoms with Crippen LogP contribution in [0.4, 0.5) is 13.2 Å². The first-order chi connectivity index (χ1) is 11.6. The fraction of sp³-hybridized carbons (Fsp3) is 0.375. The molecule has 0 heterocycles. The lowest BCUT2D eigenvalue weighted by molar-refractivity contribution is -0.174. The van der Waals surface area contributed by atoms with Crippen molar-refractivity contribution in [3.63, 3.8) is 0 Å². The maximum absolute atomic E-state index is 12.7. The van der Waals surface area contributed by atoms with E-state index in [1.807, 2.05) is 5.32 Å². The molecule has 1 aliphatic rings. The zero-order chi connectivity index (χ0) is 18.9. The van der Waals surface area contributed by atoms with Gasteiger partial charge < -0.3 is 19.7 Å². The summed E-state index contributed by atoms with van der Waals surface area (Å²) in [4.78, 5) is 25.5. The number of halogens is 3. The highest BCUT2D eigenvalue weighted by Crippen LogP contribution is 2.42. The van der Waals surface area contributed by atoms with Crippen LogP contribution in [-0.4, -0.2) is 51.1 Å². The monoisotopic (exact) mass is 358 g/mol. The summed E-state index contributed by atoms with van der Waals surface area (Å²) in [5.41, 5.74) is 0.388. The molecule has 0 aliphatic heterocycles. The topological polar surface area (TPSA) is 67.9 Å². The Hall–Kier alpha value is -2.71. The van der Waals surface area contributed by atoms with Crippen molar-refractivity contribution < 1.29 is 32.2 Å². The van der Waals surface area contributed by atoms with Crippen LogP contribution < -0.4 is 14.8 Å². The molecular formula is C16H17F3N2O4. The average Bonchev–Trinajstić information content (AvgIpc) is 2.77. The second kappa shape index (κ2) is 6.66. The van der Waals surface area contributed by atoms with Gasteiger partial charge in [-0.15, -0.1) is 0 Å². The number of amides is 1. The molecule has 1 unspecified atom stereocenters. The number of carbonyl (C=O) groups is 2. The van der Waals surface area contributed by atoms with Crippen LogP contribution in [0.1, 0.15) is 22.0 Å². The molecule has 1 amide bonds. The third-order valence-corrected chi connectivity index (χ3v) is 3.61. The number of fused-ring (bicyclic) bond motifs is 1. The first kappa shape index (κ1) is 18.6. The summed E-state index contributed by atoms with van der Waals surface area (Å²) in [7, 11) is 5.98. The lowest BCUT2D eigenvalue weighted by Crippen LogP contribution is -2.39. The predicted octanol–water partition coefficient (Wildman–Crippen LogP) is 2.07. The highest BCUT2D eigenvalue weighted by molar-refractivity contribution is 6.15. The van der Waals surface area contributed by atoms with E-state index in [0.29, 0.717) is 0 Å². The van der Waals surface area contributed by atoms with Crippen molar-refractivity contribution in [3.8, 4) is 11.5 Å². The molecule has 0 fully saturated rings. The van der Waals surface area contributed by atoms with Gasteiger partial charge in [-0.2, -0.15) is 13.2 Å². The van der Waals surface area contributed by atoms with Crippen LogP contribution in [0, 0.1) is 0 Å². The number of methoxy groups -OCH3 is 2. The fourth-order valence-electron chi connectivity index (χ4n) is 2.56. The summed E-state index contributed by atoms with van der Waals surface area (Å²) in [6, 6.07) is 1.54. The number of hydrogen-bond donors (Lipinski definition) is 1. The van der Waals surface area contributed by atoms with E-state index in [1.54, 1.807) is 14.1 Å². The van der Waals surface area contributed by atoms with Crippen LogP contribution >= 0.6 is 0 Å². The van der Waals surface area contributed by atoms with Gasteiger partial charge in [-0.25, -0.2) is 0 Å². The Morgan fingerprint density at radius 1 is 1.20 bits per heavy atom. The molecule has 1 aromatic carbocycles. The van der Waals surface area contributed by atoms with Gasteiger partial charge in [-0.05, 0) is 17.7 Å².